The number of ether oxygens (including phenoxy) is 3. The number of aromatic amines is 1. The molecule has 2 aromatic heterocycles. The van der Waals surface area contributed by atoms with Crippen molar-refractivity contribution >= 4 is 42.3 Å². The molecule has 0 radical (unpaired) electrons. The van der Waals surface area contributed by atoms with E-state index in [0.717, 1.165) is 16.8 Å². The zero-order valence-corrected chi connectivity index (χ0v) is 23.8. The van der Waals surface area contributed by atoms with E-state index in [4.69, 9.17) is 10.5 Å². The normalized spacial score (nSPS) is 13.2. The average molecular weight is 619 g/mol. The number of para-hydroxylation sites is 1. The highest BCUT2D eigenvalue weighted by molar-refractivity contribution is 6.10. The second-order valence-corrected chi connectivity index (χ2v) is 8.92. The molecule has 0 aliphatic carbocycles. The number of carbonyl (C=O) groups is 2. The molecule has 3 N–H and O–H groups in total. The van der Waals surface area contributed by atoms with E-state index in [1.807, 2.05) is 4.90 Å². The van der Waals surface area contributed by atoms with Crippen molar-refractivity contribution < 1.29 is 41.4 Å². The van der Waals surface area contributed by atoms with E-state index in [9.17, 15) is 27.2 Å². The minimum Gasteiger partial charge on any atom is -0.467 e. The molecule has 0 atom stereocenters. The van der Waals surface area contributed by atoms with Gasteiger partial charge in [0, 0.05) is 30.8 Å². The van der Waals surface area contributed by atoms with Crippen LogP contribution in [0, 0.1) is 11.6 Å². The number of H-pyrrole nitrogens is 1. The van der Waals surface area contributed by atoms with Gasteiger partial charge in [0.25, 0.3) is 6.47 Å². The minimum absolute atomic E-state index is 0.0308. The van der Waals surface area contributed by atoms with Crippen molar-refractivity contribution in [3.8, 4) is 5.75 Å². The first-order chi connectivity index (χ1) is 21.1. The van der Waals surface area contributed by atoms with Crippen LogP contribution in [0.3, 0.4) is 0 Å². The van der Waals surface area contributed by atoms with E-state index in [2.05, 4.69) is 24.5 Å². The molecule has 234 valence electrons. The molecular weight excluding hydrogens is 588 g/mol. The van der Waals surface area contributed by atoms with Gasteiger partial charge in [0.1, 0.15) is 12.4 Å². The molecule has 0 bridgehead atoms. The Morgan fingerprint density at radius 1 is 1.25 bits per heavy atom. The second-order valence-electron chi connectivity index (χ2n) is 8.92. The van der Waals surface area contributed by atoms with Gasteiger partial charge in [-0.25, -0.2) is 18.5 Å². The highest BCUT2D eigenvalue weighted by Gasteiger charge is 2.18. The fourth-order valence-electron chi connectivity index (χ4n) is 3.66. The Hall–Kier alpha value is -5.02. The van der Waals surface area contributed by atoms with Crippen molar-refractivity contribution in [3.05, 3.63) is 82.3 Å². The molecule has 0 spiro atoms. The number of aromatic nitrogens is 3. The number of carbonyl (C=O) groups excluding carboxylic acids is 2. The van der Waals surface area contributed by atoms with Crippen LogP contribution < -0.4 is 21.0 Å². The molecule has 11 nitrogen and oxygen atoms in total. The lowest BCUT2D eigenvalue weighted by atomic mass is 10.1. The Balaban J connectivity index is 1.84. The summed E-state index contributed by atoms with van der Waals surface area (Å²) in [5.41, 5.74) is 6.29. The highest BCUT2D eigenvalue weighted by atomic mass is 19.3. The largest absolute Gasteiger partial charge is 0.467 e. The number of anilines is 1. The average Bonchev–Trinajstić information content (AvgIpc) is 3.56. The predicted molar refractivity (Wildman–Crippen MR) is 155 cm³/mol. The fourth-order valence-corrected chi connectivity index (χ4v) is 3.66. The molecule has 0 aliphatic rings. The van der Waals surface area contributed by atoms with E-state index in [-0.39, 0.29) is 29.6 Å². The molecule has 15 heteroatoms. The molecule has 3 rings (SSSR count). The maximum Gasteiger partial charge on any atom is 0.345 e. The zero-order valence-electron chi connectivity index (χ0n) is 23.8. The Bertz CT molecular complexity index is 1630. The van der Waals surface area contributed by atoms with Gasteiger partial charge in [-0.1, -0.05) is 12.1 Å². The summed E-state index contributed by atoms with van der Waals surface area (Å²) < 4.78 is 68.4. The highest BCUT2D eigenvalue weighted by Crippen LogP contribution is 2.21. The standard InChI is InChI=1S/C29H30F4N6O5/c1-3-5-25(44-27-21(30)6-4-7-22(27)31)35-10-12-39-28(34)20(17-36-39)26(41)24-16-19(9-14-43-29(32)33)23(37-24)8-11-38(2)13-15-42-18-40/h3-10,12,16-18,29,37H,11,13-15,34H2,1-2H3/b5-3+,12-10+,19-9-,23-8+,35-25-. The molecule has 44 heavy (non-hydrogen) atoms. The SMILES string of the molecule is C/C=C/C(=N/C=C/n1ncc(C(=O)c2cc(=C/COC(F)F)/c(=C\CN(C)CCOC=O)[nH]2)c1N)Oc1c(F)cccc1F. The number of nitrogens with zero attached hydrogens (tertiary/aromatic N) is 4. The van der Waals surface area contributed by atoms with Crippen molar-refractivity contribution in [2.45, 2.75) is 13.5 Å². The number of allylic oxidation sites excluding steroid dienone is 1. The molecule has 0 saturated carbocycles. The number of hydrogen-bond donors (Lipinski definition) is 2. The smallest absolute Gasteiger partial charge is 0.345 e. The number of benzene rings is 1. The van der Waals surface area contributed by atoms with Gasteiger partial charge in [0.2, 0.25) is 17.4 Å². The van der Waals surface area contributed by atoms with Gasteiger partial charge in [-0.15, -0.1) is 0 Å². The summed E-state index contributed by atoms with van der Waals surface area (Å²) in [4.78, 5) is 32.5. The first-order valence-corrected chi connectivity index (χ1v) is 13.0. The molecule has 0 unspecified atom stereocenters. The van der Waals surface area contributed by atoms with Gasteiger partial charge in [0.05, 0.1) is 24.1 Å². The van der Waals surface area contributed by atoms with Crippen LogP contribution in [0.15, 0.2) is 53.8 Å². The van der Waals surface area contributed by atoms with Gasteiger partial charge in [0.15, 0.2) is 11.6 Å². The zero-order chi connectivity index (χ0) is 32.1. The number of alkyl halides is 2. The van der Waals surface area contributed by atoms with Gasteiger partial charge in [-0.05, 0) is 55.6 Å². The number of ketones is 1. The quantitative estimate of drug-likeness (QED) is 0.0663. The molecule has 0 saturated heterocycles. The summed E-state index contributed by atoms with van der Waals surface area (Å²) in [5.74, 6) is -3.15. The monoisotopic (exact) mass is 618 g/mol. The van der Waals surface area contributed by atoms with Crippen molar-refractivity contribution in [3.63, 3.8) is 0 Å². The fraction of sp³-hybridized carbons (Fsp3) is 0.241. The summed E-state index contributed by atoms with van der Waals surface area (Å²) in [6.45, 7) is -0.371. The summed E-state index contributed by atoms with van der Waals surface area (Å²) in [5, 5.41) is 4.98. The van der Waals surface area contributed by atoms with Crippen LogP contribution in [0.2, 0.25) is 0 Å². The maximum absolute atomic E-state index is 14.0. The molecule has 2 heterocycles. The summed E-state index contributed by atoms with van der Waals surface area (Å²) in [6.07, 6.45) is 9.81. The molecule has 3 aromatic rings. The lowest BCUT2D eigenvalue weighted by Crippen LogP contribution is -2.28. The Labute approximate surface area is 249 Å². The molecule has 0 amide bonds. The van der Waals surface area contributed by atoms with E-state index < -0.39 is 36.4 Å². The third-order valence-corrected chi connectivity index (χ3v) is 5.84. The van der Waals surface area contributed by atoms with E-state index in [1.54, 1.807) is 26.1 Å². The Morgan fingerprint density at radius 3 is 2.68 bits per heavy atom. The topological polar surface area (TPSA) is 137 Å². The minimum atomic E-state index is -2.97. The first kappa shape index (κ1) is 33.5. The third kappa shape index (κ3) is 9.50. The van der Waals surface area contributed by atoms with Crippen molar-refractivity contribution in [1.82, 2.24) is 19.7 Å². The van der Waals surface area contributed by atoms with Crippen LogP contribution in [0.1, 0.15) is 23.0 Å². The number of nitrogen functional groups attached to an aromatic ring is 1. The van der Waals surface area contributed by atoms with Gasteiger partial charge in [-0.3, -0.25) is 14.5 Å². The number of nitrogens with two attached hydrogens (primary N) is 1. The first-order valence-electron chi connectivity index (χ1n) is 13.0. The number of aliphatic imine (C=N–C) groups is 1. The second kappa shape index (κ2) is 16.6. The Kier molecular flexibility index (Phi) is 12.6. The summed E-state index contributed by atoms with van der Waals surface area (Å²) >= 11 is 0. The molecule has 0 fully saturated rings. The lowest BCUT2D eigenvalue weighted by molar-refractivity contribution is -0.129. The summed E-state index contributed by atoms with van der Waals surface area (Å²) in [6, 6.07) is 4.75. The number of nitrogens with one attached hydrogen (secondary N) is 1. The van der Waals surface area contributed by atoms with Gasteiger partial charge < -0.3 is 24.9 Å². The number of likely N-dealkylation sites (N-methyl/N-ethyl adjacent to an activating group) is 1. The van der Waals surface area contributed by atoms with Crippen LogP contribution in [-0.4, -0.2) is 77.8 Å². The van der Waals surface area contributed by atoms with Crippen molar-refractivity contribution in [2.75, 3.05) is 39.1 Å². The molecular formula is C29H30F4N6O5. The Morgan fingerprint density at radius 2 is 2.00 bits per heavy atom. The van der Waals surface area contributed by atoms with E-state index >= 15 is 0 Å². The van der Waals surface area contributed by atoms with Crippen LogP contribution >= 0.6 is 0 Å². The van der Waals surface area contributed by atoms with Crippen LogP contribution in [0.25, 0.3) is 18.4 Å². The summed E-state index contributed by atoms with van der Waals surface area (Å²) in [7, 11) is 1.78. The van der Waals surface area contributed by atoms with Crippen LogP contribution in [0.4, 0.5) is 23.4 Å². The van der Waals surface area contributed by atoms with E-state index in [1.165, 1.54) is 42.9 Å². The maximum atomic E-state index is 14.0. The van der Waals surface area contributed by atoms with Crippen LogP contribution in [0.5, 0.6) is 5.75 Å². The van der Waals surface area contributed by atoms with Gasteiger partial charge >= 0.3 is 6.61 Å². The number of hydrogen-bond acceptors (Lipinski definition) is 9. The van der Waals surface area contributed by atoms with Crippen LogP contribution in [-0.2, 0) is 14.3 Å². The third-order valence-electron chi connectivity index (χ3n) is 5.84. The van der Waals surface area contributed by atoms with E-state index in [0.29, 0.717) is 30.1 Å². The molecule has 1 aromatic carbocycles. The number of rotatable bonds is 15. The van der Waals surface area contributed by atoms with Crippen molar-refractivity contribution in [1.29, 1.82) is 0 Å². The molecule has 0 aliphatic heterocycles. The number of halogens is 4. The van der Waals surface area contributed by atoms with Crippen molar-refractivity contribution in [2.24, 2.45) is 4.99 Å². The predicted octanol–water partition coefficient (Wildman–Crippen LogP) is 2.69. The lowest BCUT2D eigenvalue weighted by Gasteiger charge is -2.12. The van der Waals surface area contributed by atoms with Gasteiger partial charge in [-0.2, -0.15) is 13.9 Å².